The van der Waals surface area contributed by atoms with Crippen LogP contribution in [0.25, 0.3) is 0 Å². The lowest BCUT2D eigenvalue weighted by Gasteiger charge is -2.27. The molecule has 0 amide bonds. The fourth-order valence-corrected chi connectivity index (χ4v) is 2.36. The van der Waals surface area contributed by atoms with Crippen molar-refractivity contribution in [3.8, 4) is 5.75 Å². The van der Waals surface area contributed by atoms with Gasteiger partial charge in [-0.2, -0.15) is 0 Å². The number of hydrogen-bond donors (Lipinski definition) is 1. The fraction of sp³-hybridized carbons (Fsp3) is 0.562. The number of nitrogens with one attached hydrogen (secondary N) is 1. The molecule has 0 radical (unpaired) electrons. The summed E-state index contributed by atoms with van der Waals surface area (Å²) in [6.07, 6.45) is -0.584. The van der Waals surface area contributed by atoms with Gasteiger partial charge in [-0.25, -0.2) is 4.79 Å². The molecule has 0 aromatic heterocycles. The minimum Gasteiger partial charge on any atom is -0.479 e. The second kappa shape index (κ2) is 11.5. The standard InChI is InChI=1S/C16H24N2O3.2ClH/c1-3-20-16(19)13(2)21-15-6-4-5-14(11-15)12-18-9-7-17-8-10-18;;/h4-6,11,13,17H,3,7-10,12H2,1-2H3;2*1H. The molecule has 23 heavy (non-hydrogen) atoms. The van der Waals surface area contributed by atoms with E-state index in [2.05, 4.69) is 16.3 Å². The van der Waals surface area contributed by atoms with Crippen molar-refractivity contribution in [3.05, 3.63) is 29.8 Å². The summed E-state index contributed by atoms with van der Waals surface area (Å²) in [5.41, 5.74) is 1.20. The van der Waals surface area contributed by atoms with Crippen LogP contribution < -0.4 is 10.1 Å². The van der Waals surface area contributed by atoms with Crippen molar-refractivity contribution >= 4 is 30.8 Å². The van der Waals surface area contributed by atoms with Crippen molar-refractivity contribution in [2.45, 2.75) is 26.5 Å². The van der Waals surface area contributed by atoms with E-state index in [0.29, 0.717) is 12.4 Å². The maximum Gasteiger partial charge on any atom is 0.347 e. The van der Waals surface area contributed by atoms with Gasteiger partial charge in [0.2, 0.25) is 0 Å². The lowest BCUT2D eigenvalue weighted by atomic mass is 10.2. The maximum atomic E-state index is 11.6. The van der Waals surface area contributed by atoms with Crippen LogP contribution in [0.5, 0.6) is 5.75 Å². The summed E-state index contributed by atoms with van der Waals surface area (Å²) in [4.78, 5) is 14.0. The smallest absolute Gasteiger partial charge is 0.347 e. The van der Waals surface area contributed by atoms with Crippen molar-refractivity contribution in [1.82, 2.24) is 10.2 Å². The highest BCUT2D eigenvalue weighted by Gasteiger charge is 2.16. The lowest BCUT2D eigenvalue weighted by molar-refractivity contribution is -0.150. The van der Waals surface area contributed by atoms with E-state index in [0.717, 1.165) is 32.7 Å². The van der Waals surface area contributed by atoms with Gasteiger partial charge in [-0.15, -0.1) is 24.8 Å². The maximum absolute atomic E-state index is 11.6. The summed E-state index contributed by atoms with van der Waals surface area (Å²) >= 11 is 0. The van der Waals surface area contributed by atoms with E-state index in [-0.39, 0.29) is 30.8 Å². The third-order valence-corrected chi connectivity index (χ3v) is 3.45. The SMILES string of the molecule is CCOC(=O)C(C)Oc1cccc(CN2CCNCC2)c1.Cl.Cl. The Morgan fingerprint density at radius 1 is 1.30 bits per heavy atom. The minimum absolute atomic E-state index is 0. The molecule has 1 fully saturated rings. The van der Waals surface area contributed by atoms with Gasteiger partial charge in [0.1, 0.15) is 5.75 Å². The predicted molar refractivity (Wildman–Crippen MR) is 95.8 cm³/mol. The van der Waals surface area contributed by atoms with Crippen molar-refractivity contribution in [2.75, 3.05) is 32.8 Å². The summed E-state index contributed by atoms with van der Waals surface area (Å²) in [6, 6.07) is 7.92. The molecule has 2 rings (SSSR count). The minimum atomic E-state index is -0.584. The van der Waals surface area contributed by atoms with Crippen LogP contribution >= 0.6 is 24.8 Å². The number of hydrogen-bond acceptors (Lipinski definition) is 5. The first-order chi connectivity index (χ1) is 10.2. The summed E-state index contributed by atoms with van der Waals surface area (Å²) in [6.45, 7) is 8.97. The van der Waals surface area contributed by atoms with Crippen molar-refractivity contribution in [1.29, 1.82) is 0 Å². The largest absolute Gasteiger partial charge is 0.479 e. The van der Waals surface area contributed by atoms with Crippen molar-refractivity contribution < 1.29 is 14.3 Å². The molecule has 1 heterocycles. The third-order valence-electron chi connectivity index (χ3n) is 3.45. The molecular formula is C16H26Cl2N2O3. The Bertz CT molecular complexity index is 468. The number of esters is 1. The summed E-state index contributed by atoms with van der Waals surface area (Å²) in [7, 11) is 0. The number of halogens is 2. The molecule has 0 spiro atoms. The number of piperazine rings is 1. The lowest BCUT2D eigenvalue weighted by Crippen LogP contribution is -2.42. The van der Waals surface area contributed by atoms with Crippen LogP contribution in [-0.4, -0.2) is 49.8 Å². The van der Waals surface area contributed by atoms with Crippen LogP contribution in [-0.2, 0) is 16.1 Å². The first-order valence-electron chi connectivity index (χ1n) is 7.54. The van der Waals surface area contributed by atoms with Gasteiger partial charge in [-0.1, -0.05) is 12.1 Å². The molecule has 132 valence electrons. The molecule has 5 nitrogen and oxygen atoms in total. The van der Waals surface area contributed by atoms with E-state index in [1.807, 2.05) is 18.2 Å². The van der Waals surface area contributed by atoms with Crippen LogP contribution in [0, 0.1) is 0 Å². The zero-order valence-corrected chi connectivity index (χ0v) is 15.3. The number of nitrogens with zero attached hydrogens (tertiary/aromatic N) is 1. The molecule has 1 aliphatic rings. The summed E-state index contributed by atoms with van der Waals surface area (Å²) in [5.74, 6) is 0.383. The molecule has 1 aliphatic heterocycles. The van der Waals surface area contributed by atoms with Crippen LogP contribution in [0.15, 0.2) is 24.3 Å². The van der Waals surface area contributed by atoms with E-state index >= 15 is 0 Å². The van der Waals surface area contributed by atoms with E-state index in [4.69, 9.17) is 9.47 Å². The Hall–Kier alpha value is -1.01. The monoisotopic (exact) mass is 364 g/mol. The Kier molecular flexibility index (Phi) is 11.0. The highest BCUT2D eigenvalue weighted by atomic mass is 35.5. The number of benzene rings is 1. The summed E-state index contributed by atoms with van der Waals surface area (Å²) in [5, 5.41) is 3.34. The van der Waals surface area contributed by atoms with E-state index in [1.165, 1.54) is 5.56 Å². The zero-order chi connectivity index (χ0) is 15.1. The number of carbonyl (C=O) groups is 1. The Morgan fingerprint density at radius 2 is 2.00 bits per heavy atom. The average Bonchev–Trinajstić information content (AvgIpc) is 2.49. The Morgan fingerprint density at radius 3 is 2.65 bits per heavy atom. The normalized spacial score (nSPS) is 15.7. The first-order valence-corrected chi connectivity index (χ1v) is 7.54. The molecule has 1 atom stereocenters. The highest BCUT2D eigenvalue weighted by molar-refractivity contribution is 5.85. The van der Waals surface area contributed by atoms with Gasteiger partial charge in [0.05, 0.1) is 6.61 Å². The van der Waals surface area contributed by atoms with Crippen LogP contribution in [0.1, 0.15) is 19.4 Å². The van der Waals surface area contributed by atoms with E-state index < -0.39 is 6.10 Å². The Labute approximate surface area is 150 Å². The van der Waals surface area contributed by atoms with Gasteiger partial charge in [0.15, 0.2) is 6.10 Å². The molecule has 0 aliphatic carbocycles. The molecule has 1 unspecified atom stereocenters. The van der Waals surface area contributed by atoms with Gasteiger partial charge in [0, 0.05) is 32.7 Å². The van der Waals surface area contributed by atoms with Gasteiger partial charge >= 0.3 is 5.97 Å². The second-order valence-corrected chi connectivity index (χ2v) is 5.19. The quantitative estimate of drug-likeness (QED) is 0.784. The summed E-state index contributed by atoms with van der Waals surface area (Å²) < 4.78 is 10.6. The number of ether oxygens (including phenoxy) is 2. The first kappa shape index (κ1) is 22.0. The van der Waals surface area contributed by atoms with Crippen LogP contribution in [0.4, 0.5) is 0 Å². The highest BCUT2D eigenvalue weighted by Crippen LogP contribution is 2.17. The molecule has 1 N–H and O–H groups in total. The Balaban J connectivity index is 0.00000242. The van der Waals surface area contributed by atoms with E-state index in [1.54, 1.807) is 13.8 Å². The van der Waals surface area contributed by atoms with Crippen LogP contribution in [0.3, 0.4) is 0 Å². The fourth-order valence-electron chi connectivity index (χ4n) is 2.36. The number of rotatable bonds is 6. The van der Waals surface area contributed by atoms with Crippen LogP contribution in [0.2, 0.25) is 0 Å². The molecule has 1 aromatic carbocycles. The number of carbonyl (C=O) groups excluding carboxylic acids is 1. The van der Waals surface area contributed by atoms with Gasteiger partial charge in [0.25, 0.3) is 0 Å². The van der Waals surface area contributed by atoms with Gasteiger partial charge in [-0.05, 0) is 31.5 Å². The molecule has 1 aromatic rings. The molecule has 7 heteroatoms. The molecule has 1 saturated heterocycles. The predicted octanol–water partition coefficient (Wildman–Crippen LogP) is 2.27. The third kappa shape index (κ3) is 7.40. The topological polar surface area (TPSA) is 50.8 Å². The average molecular weight is 365 g/mol. The van der Waals surface area contributed by atoms with Crippen molar-refractivity contribution in [2.24, 2.45) is 0 Å². The molecule has 0 saturated carbocycles. The zero-order valence-electron chi connectivity index (χ0n) is 13.6. The van der Waals surface area contributed by atoms with E-state index in [9.17, 15) is 4.79 Å². The van der Waals surface area contributed by atoms with Gasteiger partial charge < -0.3 is 14.8 Å². The molecule has 0 bridgehead atoms. The van der Waals surface area contributed by atoms with Gasteiger partial charge in [-0.3, -0.25) is 4.90 Å². The second-order valence-electron chi connectivity index (χ2n) is 5.19. The van der Waals surface area contributed by atoms with Crippen molar-refractivity contribution in [3.63, 3.8) is 0 Å². The molecular weight excluding hydrogens is 339 g/mol.